The molecule has 2 rings (SSSR count). The fourth-order valence-electron chi connectivity index (χ4n) is 2.17. The van der Waals surface area contributed by atoms with Gasteiger partial charge in [0.05, 0.1) is 18.2 Å². The first kappa shape index (κ1) is 13.9. The maximum Gasteiger partial charge on any atom is 0.126 e. The highest BCUT2D eigenvalue weighted by molar-refractivity contribution is 6.31. The number of benzene rings is 2. The van der Waals surface area contributed by atoms with Gasteiger partial charge in [-0.3, -0.25) is 0 Å². The Hall–Kier alpha value is -1.51. The molecule has 0 bridgehead atoms. The van der Waals surface area contributed by atoms with Crippen molar-refractivity contribution in [1.29, 1.82) is 0 Å². The van der Waals surface area contributed by atoms with Crippen LogP contribution in [0.2, 0.25) is 5.02 Å². The summed E-state index contributed by atoms with van der Waals surface area (Å²) in [4.78, 5) is 0. The molecule has 0 radical (unpaired) electrons. The van der Waals surface area contributed by atoms with Crippen molar-refractivity contribution in [3.8, 4) is 5.75 Å². The number of aliphatic hydroxyl groups is 1. The van der Waals surface area contributed by atoms with Crippen molar-refractivity contribution < 1.29 is 9.84 Å². The second kappa shape index (κ2) is 6.09. The summed E-state index contributed by atoms with van der Waals surface area (Å²) >= 11 is 6.17. The van der Waals surface area contributed by atoms with Crippen molar-refractivity contribution in [2.75, 3.05) is 7.11 Å². The molecule has 1 atom stereocenters. The van der Waals surface area contributed by atoms with E-state index in [4.69, 9.17) is 16.3 Å². The highest BCUT2D eigenvalue weighted by atomic mass is 35.5. The van der Waals surface area contributed by atoms with Gasteiger partial charge >= 0.3 is 0 Å². The predicted octanol–water partition coefficient (Wildman–Crippen LogP) is 3.93. The molecule has 0 spiro atoms. The zero-order chi connectivity index (χ0) is 13.8. The van der Waals surface area contributed by atoms with E-state index in [9.17, 15) is 5.11 Å². The van der Waals surface area contributed by atoms with Gasteiger partial charge in [-0.05, 0) is 30.2 Å². The van der Waals surface area contributed by atoms with E-state index in [1.165, 1.54) is 0 Å². The molecule has 1 unspecified atom stereocenters. The first-order valence-corrected chi connectivity index (χ1v) is 6.56. The van der Waals surface area contributed by atoms with Crippen molar-refractivity contribution >= 4 is 11.6 Å². The smallest absolute Gasteiger partial charge is 0.126 e. The summed E-state index contributed by atoms with van der Waals surface area (Å²) < 4.78 is 5.27. The molecule has 2 nitrogen and oxygen atoms in total. The molecule has 2 aromatic carbocycles. The highest BCUT2D eigenvalue weighted by Crippen LogP contribution is 2.34. The standard InChI is InChI=1S/C16H17ClO2/c1-11-6-3-4-7-12(11)10-14(18)16-13(17)8-5-9-15(16)19-2/h3-9,14,18H,10H2,1-2H3. The summed E-state index contributed by atoms with van der Waals surface area (Å²) in [6, 6.07) is 13.4. The zero-order valence-electron chi connectivity index (χ0n) is 11.1. The Bertz CT molecular complexity index is 566. The summed E-state index contributed by atoms with van der Waals surface area (Å²) in [6.07, 6.45) is -0.156. The summed E-state index contributed by atoms with van der Waals surface area (Å²) in [6.45, 7) is 2.03. The minimum Gasteiger partial charge on any atom is -0.496 e. The Morgan fingerprint density at radius 2 is 1.89 bits per heavy atom. The van der Waals surface area contributed by atoms with Crippen LogP contribution in [0, 0.1) is 6.92 Å². The third-order valence-corrected chi connectivity index (χ3v) is 3.57. The second-order valence-electron chi connectivity index (χ2n) is 4.50. The molecule has 2 aromatic rings. The minimum absolute atomic E-state index is 0.521. The van der Waals surface area contributed by atoms with Gasteiger partial charge in [-0.2, -0.15) is 0 Å². The number of halogens is 1. The van der Waals surface area contributed by atoms with E-state index in [0.717, 1.165) is 11.1 Å². The zero-order valence-corrected chi connectivity index (χ0v) is 11.8. The van der Waals surface area contributed by atoms with E-state index < -0.39 is 6.10 Å². The first-order chi connectivity index (χ1) is 9.13. The number of aliphatic hydroxyl groups excluding tert-OH is 1. The summed E-state index contributed by atoms with van der Waals surface area (Å²) in [5.41, 5.74) is 2.92. The maximum atomic E-state index is 10.4. The van der Waals surface area contributed by atoms with Crippen molar-refractivity contribution in [3.05, 3.63) is 64.2 Å². The van der Waals surface area contributed by atoms with E-state index in [-0.39, 0.29) is 0 Å². The van der Waals surface area contributed by atoms with Crippen molar-refractivity contribution in [2.45, 2.75) is 19.4 Å². The van der Waals surface area contributed by atoms with Gasteiger partial charge in [0.2, 0.25) is 0 Å². The van der Waals surface area contributed by atoms with Gasteiger partial charge in [0.25, 0.3) is 0 Å². The molecular formula is C16H17ClO2. The Labute approximate surface area is 118 Å². The number of methoxy groups -OCH3 is 1. The lowest BCUT2D eigenvalue weighted by molar-refractivity contribution is 0.174. The van der Waals surface area contributed by atoms with Crippen LogP contribution in [0.25, 0.3) is 0 Å². The summed E-state index contributed by atoms with van der Waals surface area (Å²) in [7, 11) is 1.58. The Balaban J connectivity index is 2.30. The minimum atomic E-state index is -0.676. The lowest BCUT2D eigenvalue weighted by Crippen LogP contribution is -2.06. The molecule has 0 aliphatic carbocycles. The quantitative estimate of drug-likeness (QED) is 0.917. The van der Waals surface area contributed by atoms with Crippen LogP contribution >= 0.6 is 11.6 Å². The number of rotatable bonds is 4. The lowest BCUT2D eigenvalue weighted by atomic mass is 9.97. The van der Waals surface area contributed by atoms with Gasteiger partial charge < -0.3 is 9.84 Å². The summed E-state index contributed by atoms with van der Waals surface area (Å²) in [5, 5.41) is 11.0. The molecule has 0 amide bonds. The predicted molar refractivity (Wildman–Crippen MR) is 77.8 cm³/mol. The number of hydrogen-bond donors (Lipinski definition) is 1. The third kappa shape index (κ3) is 3.09. The first-order valence-electron chi connectivity index (χ1n) is 6.18. The van der Waals surface area contributed by atoms with Gasteiger partial charge in [0, 0.05) is 12.0 Å². The fourth-order valence-corrected chi connectivity index (χ4v) is 2.46. The van der Waals surface area contributed by atoms with E-state index in [0.29, 0.717) is 22.8 Å². The number of hydrogen-bond acceptors (Lipinski definition) is 2. The molecule has 3 heteroatoms. The lowest BCUT2D eigenvalue weighted by Gasteiger charge is -2.17. The van der Waals surface area contributed by atoms with E-state index in [1.807, 2.05) is 43.3 Å². The second-order valence-corrected chi connectivity index (χ2v) is 4.91. The molecule has 100 valence electrons. The number of aryl methyl sites for hydroxylation is 1. The van der Waals surface area contributed by atoms with Gasteiger partial charge in [0.15, 0.2) is 0 Å². The molecule has 0 heterocycles. The molecule has 0 aliphatic heterocycles. The van der Waals surface area contributed by atoms with Crippen LogP contribution in [0.4, 0.5) is 0 Å². The Morgan fingerprint density at radius 3 is 2.58 bits per heavy atom. The van der Waals surface area contributed by atoms with Crippen LogP contribution in [-0.2, 0) is 6.42 Å². The number of ether oxygens (including phenoxy) is 1. The fraction of sp³-hybridized carbons (Fsp3) is 0.250. The highest BCUT2D eigenvalue weighted by Gasteiger charge is 2.18. The van der Waals surface area contributed by atoms with Crippen LogP contribution in [-0.4, -0.2) is 12.2 Å². The van der Waals surface area contributed by atoms with Gasteiger partial charge in [-0.1, -0.05) is 41.9 Å². The van der Waals surface area contributed by atoms with E-state index in [2.05, 4.69) is 0 Å². The average molecular weight is 277 g/mol. The molecule has 0 aromatic heterocycles. The molecule has 19 heavy (non-hydrogen) atoms. The van der Waals surface area contributed by atoms with Gasteiger partial charge in [0.1, 0.15) is 5.75 Å². The van der Waals surface area contributed by atoms with Crippen LogP contribution < -0.4 is 4.74 Å². The topological polar surface area (TPSA) is 29.5 Å². The molecule has 0 saturated carbocycles. The third-order valence-electron chi connectivity index (χ3n) is 3.24. The maximum absolute atomic E-state index is 10.4. The van der Waals surface area contributed by atoms with Crippen LogP contribution in [0.3, 0.4) is 0 Å². The molecule has 1 N–H and O–H groups in total. The Kier molecular flexibility index (Phi) is 4.46. The van der Waals surface area contributed by atoms with E-state index >= 15 is 0 Å². The average Bonchev–Trinajstić information content (AvgIpc) is 2.40. The SMILES string of the molecule is COc1cccc(Cl)c1C(O)Cc1ccccc1C. The molecule has 0 aliphatic rings. The van der Waals surface area contributed by atoms with E-state index in [1.54, 1.807) is 13.2 Å². The van der Waals surface area contributed by atoms with Gasteiger partial charge in [-0.15, -0.1) is 0 Å². The van der Waals surface area contributed by atoms with Crippen molar-refractivity contribution in [2.24, 2.45) is 0 Å². The molecule has 0 saturated heterocycles. The Morgan fingerprint density at radius 1 is 1.16 bits per heavy atom. The van der Waals surface area contributed by atoms with Gasteiger partial charge in [-0.25, -0.2) is 0 Å². The monoisotopic (exact) mass is 276 g/mol. The molecular weight excluding hydrogens is 260 g/mol. The van der Waals surface area contributed by atoms with Crippen LogP contribution in [0.15, 0.2) is 42.5 Å². The largest absolute Gasteiger partial charge is 0.496 e. The van der Waals surface area contributed by atoms with Crippen LogP contribution in [0.1, 0.15) is 22.8 Å². The van der Waals surface area contributed by atoms with Crippen LogP contribution in [0.5, 0.6) is 5.75 Å². The normalized spacial score (nSPS) is 12.2. The van der Waals surface area contributed by atoms with Crippen molar-refractivity contribution in [3.63, 3.8) is 0 Å². The molecule has 0 fully saturated rings. The summed E-state index contributed by atoms with van der Waals surface area (Å²) in [5.74, 6) is 0.619. The van der Waals surface area contributed by atoms with Crippen molar-refractivity contribution in [1.82, 2.24) is 0 Å².